The fraction of sp³-hybridized carbons (Fsp3) is 0.500. The molecule has 39 heavy (non-hydrogen) atoms. The van der Waals surface area contributed by atoms with Crippen molar-refractivity contribution >= 4 is 34.4 Å². The molecule has 3 aromatic rings. The Morgan fingerprint density at radius 2 is 1.87 bits per heavy atom. The predicted octanol–water partition coefficient (Wildman–Crippen LogP) is 4.95. The number of likely N-dealkylation sites (N-methyl/N-ethyl adjacent to an activating group) is 1. The largest absolute Gasteiger partial charge is 0.360 e. The highest BCUT2D eigenvalue weighted by atomic mass is 35.5. The van der Waals surface area contributed by atoms with Crippen LogP contribution in [0.1, 0.15) is 38.5 Å². The van der Waals surface area contributed by atoms with Gasteiger partial charge in [0.2, 0.25) is 11.9 Å². The molecule has 208 valence electrons. The Bertz CT molecular complexity index is 1270. The number of halogens is 1. The number of carbonyl (C=O) groups excluding carboxylic acids is 1. The van der Waals surface area contributed by atoms with E-state index in [9.17, 15) is 4.79 Å². The molecule has 2 aliphatic rings. The van der Waals surface area contributed by atoms with Gasteiger partial charge in [-0.1, -0.05) is 35.9 Å². The summed E-state index contributed by atoms with van der Waals surface area (Å²) in [5.41, 5.74) is 2.80. The molecule has 1 aliphatic heterocycles. The Morgan fingerprint density at radius 3 is 2.64 bits per heavy atom. The molecule has 0 unspecified atom stereocenters. The first-order chi connectivity index (χ1) is 19.0. The molecule has 1 amide bonds. The van der Waals surface area contributed by atoms with Crippen molar-refractivity contribution in [1.82, 2.24) is 30.1 Å². The van der Waals surface area contributed by atoms with E-state index >= 15 is 0 Å². The van der Waals surface area contributed by atoms with Gasteiger partial charge in [-0.3, -0.25) is 4.79 Å². The van der Waals surface area contributed by atoms with Crippen LogP contribution in [0, 0.1) is 5.92 Å². The Labute approximate surface area is 236 Å². The standard InChI is InChI=1S/C30H40ClN7O/c1-37(2)15-5-8-28(39)38-16-13-21(14-17-38)18-32-22-9-11-23(12-10-22)35-30-34-20-26(31)29(36-30)25-19-33-27-7-4-3-6-24(25)27/h3-8,19-23,32-33H,9-18H2,1-2H3,(H,34,35,36)/b8-5+/t22-,23-. The zero-order valence-corrected chi connectivity index (χ0v) is 23.8. The van der Waals surface area contributed by atoms with Gasteiger partial charge in [-0.05, 0) is 71.1 Å². The first kappa shape index (κ1) is 27.6. The number of rotatable bonds is 9. The molecule has 1 saturated heterocycles. The lowest BCUT2D eigenvalue weighted by Crippen LogP contribution is -2.43. The number of carbonyl (C=O) groups is 1. The van der Waals surface area contributed by atoms with Crippen LogP contribution in [0.25, 0.3) is 22.2 Å². The van der Waals surface area contributed by atoms with Crippen LogP contribution in [0.3, 0.4) is 0 Å². The molecule has 0 bridgehead atoms. The fourth-order valence-corrected chi connectivity index (χ4v) is 5.87. The molecule has 2 fully saturated rings. The first-order valence-corrected chi connectivity index (χ1v) is 14.5. The van der Waals surface area contributed by atoms with Crippen molar-refractivity contribution < 1.29 is 4.79 Å². The van der Waals surface area contributed by atoms with Gasteiger partial charge in [0.1, 0.15) is 0 Å². The number of aromatic amines is 1. The van der Waals surface area contributed by atoms with E-state index in [1.807, 2.05) is 43.4 Å². The van der Waals surface area contributed by atoms with E-state index in [0.29, 0.717) is 29.0 Å². The summed E-state index contributed by atoms with van der Waals surface area (Å²) in [6.07, 6.45) is 13.9. The van der Waals surface area contributed by atoms with Gasteiger partial charge in [0.25, 0.3) is 0 Å². The lowest BCUT2D eigenvalue weighted by Gasteiger charge is -2.34. The van der Waals surface area contributed by atoms with Gasteiger partial charge in [0, 0.05) is 60.5 Å². The van der Waals surface area contributed by atoms with Crippen LogP contribution in [0.2, 0.25) is 5.02 Å². The van der Waals surface area contributed by atoms with Crippen LogP contribution in [0.15, 0.2) is 48.8 Å². The number of likely N-dealkylation sites (tertiary alicyclic amines) is 1. The molecule has 1 aliphatic carbocycles. The van der Waals surface area contributed by atoms with Crippen molar-refractivity contribution in [3.8, 4) is 11.3 Å². The molecule has 0 radical (unpaired) electrons. The third-order valence-electron chi connectivity index (χ3n) is 8.00. The summed E-state index contributed by atoms with van der Waals surface area (Å²) in [6, 6.07) is 9.07. The normalized spacial score (nSPS) is 20.8. The van der Waals surface area contributed by atoms with Crippen LogP contribution in [-0.2, 0) is 4.79 Å². The molecule has 0 spiro atoms. The van der Waals surface area contributed by atoms with E-state index < -0.39 is 0 Å². The average Bonchev–Trinajstić information content (AvgIpc) is 3.38. The van der Waals surface area contributed by atoms with Gasteiger partial charge in [-0.15, -0.1) is 0 Å². The van der Waals surface area contributed by atoms with E-state index in [1.54, 1.807) is 12.3 Å². The van der Waals surface area contributed by atoms with Gasteiger partial charge in [0.05, 0.1) is 16.9 Å². The Hall–Kier alpha value is -2.94. The highest BCUT2D eigenvalue weighted by Crippen LogP contribution is 2.33. The zero-order chi connectivity index (χ0) is 27.2. The Morgan fingerprint density at radius 1 is 1.13 bits per heavy atom. The summed E-state index contributed by atoms with van der Waals surface area (Å²) in [4.78, 5) is 29.0. The molecular formula is C30H40ClN7O. The van der Waals surface area contributed by atoms with Crippen molar-refractivity contribution in [2.24, 2.45) is 5.92 Å². The molecule has 1 aromatic carbocycles. The highest BCUT2D eigenvalue weighted by Gasteiger charge is 2.25. The lowest BCUT2D eigenvalue weighted by molar-refractivity contribution is -0.127. The summed E-state index contributed by atoms with van der Waals surface area (Å²) in [7, 11) is 4.01. The molecule has 9 heteroatoms. The number of para-hydroxylation sites is 1. The van der Waals surface area contributed by atoms with Crippen molar-refractivity contribution in [3.63, 3.8) is 0 Å². The van der Waals surface area contributed by atoms with Crippen molar-refractivity contribution in [3.05, 3.63) is 53.8 Å². The third kappa shape index (κ3) is 7.18. The molecule has 0 atom stereocenters. The van der Waals surface area contributed by atoms with Crippen molar-refractivity contribution in [1.29, 1.82) is 0 Å². The Balaban J connectivity index is 1.05. The van der Waals surface area contributed by atoms with E-state index in [0.717, 1.165) is 86.9 Å². The molecular weight excluding hydrogens is 510 g/mol. The van der Waals surface area contributed by atoms with Crippen LogP contribution in [0.5, 0.6) is 0 Å². The molecule has 1 saturated carbocycles. The maximum absolute atomic E-state index is 12.4. The number of hydrogen-bond acceptors (Lipinski definition) is 6. The van der Waals surface area contributed by atoms with Crippen molar-refractivity contribution in [2.75, 3.05) is 45.6 Å². The van der Waals surface area contributed by atoms with Crippen LogP contribution in [-0.4, -0.2) is 83.0 Å². The summed E-state index contributed by atoms with van der Waals surface area (Å²) in [6.45, 7) is 3.55. The summed E-state index contributed by atoms with van der Waals surface area (Å²) < 4.78 is 0. The maximum Gasteiger partial charge on any atom is 0.246 e. The summed E-state index contributed by atoms with van der Waals surface area (Å²) >= 11 is 6.50. The van der Waals surface area contributed by atoms with Gasteiger partial charge < -0.3 is 25.4 Å². The monoisotopic (exact) mass is 549 g/mol. The molecule has 8 nitrogen and oxygen atoms in total. The third-order valence-corrected chi connectivity index (χ3v) is 8.28. The average molecular weight is 550 g/mol. The van der Waals surface area contributed by atoms with Gasteiger partial charge in [-0.25, -0.2) is 9.97 Å². The second-order valence-corrected chi connectivity index (χ2v) is 11.6. The van der Waals surface area contributed by atoms with Crippen LogP contribution < -0.4 is 10.6 Å². The predicted molar refractivity (Wildman–Crippen MR) is 159 cm³/mol. The molecule has 3 N–H and O–H groups in total. The number of hydrogen-bond donors (Lipinski definition) is 3. The SMILES string of the molecule is CN(C)C/C=C/C(=O)N1CCC(CN[C@H]2CC[C@H](Nc3ncc(Cl)c(-c4c[nH]c5ccccc45)n3)CC2)CC1. The maximum atomic E-state index is 12.4. The summed E-state index contributed by atoms with van der Waals surface area (Å²) in [5.74, 6) is 1.42. The van der Waals surface area contributed by atoms with Gasteiger partial charge in [0.15, 0.2) is 0 Å². The smallest absolute Gasteiger partial charge is 0.246 e. The number of nitrogens with zero attached hydrogens (tertiary/aromatic N) is 4. The van der Waals surface area contributed by atoms with E-state index in [-0.39, 0.29) is 5.91 Å². The lowest BCUT2D eigenvalue weighted by atomic mass is 9.90. The fourth-order valence-electron chi connectivity index (χ4n) is 5.68. The minimum absolute atomic E-state index is 0.146. The summed E-state index contributed by atoms with van der Waals surface area (Å²) in [5, 5.41) is 9.02. The van der Waals surface area contributed by atoms with E-state index in [4.69, 9.17) is 16.6 Å². The zero-order valence-electron chi connectivity index (χ0n) is 23.0. The quantitative estimate of drug-likeness (QED) is 0.327. The molecule has 5 rings (SSSR count). The number of H-pyrrole nitrogens is 1. The number of anilines is 1. The second-order valence-electron chi connectivity index (χ2n) is 11.2. The number of piperidine rings is 1. The van der Waals surface area contributed by atoms with E-state index in [2.05, 4.69) is 37.6 Å². The number of fused-ring (bicyclic) bond motifs is 1. The number of aromatic nitrogens is 3. The first-order valence-electron chi connectivity index (χ1n) is 14.2. The molecule has 2 aromatic heterocycles. The number of amides is 1. The van der Waals surface area contributed by atoms with Crippen molar-refractivity contribution in [2.45, 2.75) is 50.6 Å². The van der Waals surface area contributed by atoms with E-state index in [1.165, 1.54) is 0 Å². The molecule has 3 heterocycles. The second kappa shape index (κ2) is 12.9. The number of nitrogens with one attached hydrogen (secondary N) is 3. The van der Waals surface area contributed by atoms with Crippen LogP contribution >= 0.6 is 11.6 Å². The van der Waals surface area contributed by atoms with Crippen LogP contribution in [0.4, 0.5) is 5.95 Å². The number of benzene rings is 1. The Kier molecular flexibility index (Phi) is 9.17. The minimum Gasteiger partial charge on any atom is -0.360 e. The minimum atomic E-state index is 0.146. The van der Waals surface area contributed by atoms with Gasteiger partial charge >= 0.3 is 0 Å². The topological polar surface area (TPSA) is 89.2 Å². The van der Waals surface area contributed by atoms with Gasteiger partial charge in [-0.2, -0.15) is 0 Å². The highest BCUT2D eigenvalue weighted by molar-refractivity contribution is 6.33.